The van der Waals surface area contributed by atoms with Gasteiger partial charge in [0, 0.05) is 49.5 Å². The zero-order valence-corrected chi connectivity index (χ0v) is 23.1. The Labute approximate surface area is 197 Å². The van der Waals surface area contributed by atoms with Crippen molar-refractivity contribution in [3.63, 3.8) is 0 Å². The third-order valence-electron chi connectivity index (χ3n) is 1.18. The van der Waals surface area contributed by atoms with E-state index in [2.05, 4.69) is 4.72 Å². The van der Waals surface area contributed by atoms with E-state index >= 15 is 0 Å². The maximum atomic E-state index is 10.9. The van der Waals surface area contributed by atoms with Crippen LogP contribution in [0.5, 0.6) is 0 Å². The number of hydrogen-bond acceptors (Lipinski definition) is 6. The van der Waals surface area contributed by atoms with Crippen molar-refractivity contribution in [2.75, 3.05) is 18.8 Å². The fraction of sp³-hybridized carbons (Fsp3) is 0.333. The first-order valence-corrected chi connectivity index (χ1v) is 12.5. The number of nitrogens with one attached hydrogen (secondary N) is 1. The summed E-state index contributed by atoms with van der Waals surface area (Å²) in [6.45, 7) is 0. The Bertz CT molecular complexity index is 631. The summed E-state index contributed by atoms with van der Waals surface area (Å²) in [5, 5.41) is 0. The van der Waals surface area contributed by atoms with Gasteiger partial charge in [-0.15, -0.1) is 0 Å². The summed E-state index contributed by atoms with van der Waals surface area (Å²) < 4.78 is 69.2. The van der Waals surface area contributed by atoms with Gasteiger partial charge in [0.2, 0.25) is 30.1 Å². The van der Waals surface area contributed by atoms with Crippen LogP contribution in [0.2, 0.25) is 0 Å². The molecule has 1 N–H and O–H groups in total. The average Bonchev–Trinajstić information content (AvgIpc) is 2.19. The van der Waals surface area contributed by atoms with Gasteiger partial charge in [0.15, 0.2) is 0 Å². The number of nitrogens with zero attached hydrogens (tertiary/aromatic N) is 1. The molecule has 0 fully saturated rings. The Hall–Kier alpha value is 1.56. The molecule has 0 spiro atoms. The number of halogens is 2. The Kier molecular flexibility index (Phi) is 30.1. The second-order valence-electron chi connectivity index (χ2n) is 3.21. The van der Waals surface area contributed by atoms with Gasteiger partial charge in [0.25, 0.3) is 0 Å². The molecule has 0 aliphatic carbocycles. The molecule has 8 nitrogen and oxygen atoms in total. The molecular weight excluding hydrogens is 684 g/mol. The zero-order valence-electron chi connectivity index (χ0n) is 13.6. The Morgan fingerprint density at radius 2 is 1.12 bits per heavy atom. The molecule has 0 saturated carbocycles. The number of sulfonamides is 3. The number of hydrogen-bond donors (Lipinski definition) is 1. The molecule has 0 rings (SSSR count). The van der Waals surface area contributed by atoms with Crippen molar-refractivity contribution < 1.29 is 62.4 Å². The summed E-state index contributed by atoms with van der Waals surface area (Å²) in [7, 11) is -10.5. The summed E-state index contributed by atoms with van der Waals surface area (Å²) in [6, 6.07) is 0. The van der Waals surface area contributed by atoms with Crippen LogP contribution < -0.4 is 4.72 Å². The van der Waals surface area contributed by atoms with Crippen LogP contribution in [0.4, 0.5) is 0 Å². The molecule has 0 saturated heterocycles. The third-order valence-corrected chi connectivity index (χ3v) is 5.60. The third kappa shape index (κ3) is 25.8. The van der Waals surface area contributed by atoms with Gasteiger partial charge >= 0.3 is 0 Å². The molecule has 24 heavy (non-hydrogen) atoms. The smallest absolute Gasteiger partial charge is 0.244 e. The fourth-order valence-corrected chi connectivity index (χ4v) is 4.69. The molecule has 0 bridgehead atoms. The van der Waals surface area contributed by atoms with Gasteiger partial charge in [-0.1, -0.05) is 45.2 Å². The van der Waals surface area contributed by atoms with Crippen LogP contribution in [0.3, 0.4) is 0 Å². The Morgan fingerprint density at radius 1 is 0.792 bits per heavy atom. The molecule has 0 heterocycles. The SMILES string of the molecule is CS(=O)(=O)N(C=CI)S(C)(=O)=O.CS(=O)(=O)NC=CI.[CH3-].[CH3-].[V].[V]. The molecule has 0 amide bonds. The van der Waals surface area contributed by atoms with E-state index in [1.165, 1.54) is 10.3 Å². The van der Waals surface area contributed by atoms with Gasteiger partial charge < -0.3 is 14.9 Å². The van der Waals surface area contributed by atoms with E-state index in [1.807, 2.05) is 22.6 Å². The van der Waals surface area contributed by atoms with Crippen LogP contribution in [0, 0.1) is 14.9 Å². The van der Waals surface area contributed by atoms with E-state index in [4.69, 9.17) is 0 Å². The van der Waals surface area contributed by atoms with Crippen molar-refractivity contribution >= 4 is 75.3 Å². The summed E-state index contributed by atoms with van der Waals surface area (Å²) in [6.07, 6.45) is 5.08. The van der Waals surface area contributed by atoms with Crippen LogP contribution in [0.25, 0.3) is 0 Å². The van der Waals surface area contributed by atoms with Crippen molar-refractivity contribution in [2.24, 2.45) is 0 Å². The molecule has 0 aromatic carbocycles. The quantitative estimate of drug-likeness (QED) is 0.343. The maximum Gasteiger partial charge on any atom is 0.244 e. The minimum atomic E-state index is -3.73. The molecule has 0 aromatic heterocycles. The predicted octanol–water partition coefficient (Wildman–Crippen LogP) is 1.45. The predicted molar refractivity (Wildman–Crippen MR) is 109 cm³/mol. The molecule has 0 atom stereocenters. The van der Waals surface area contributed by atoms with Crippen LogP contribution in [0.15, 0.2) is 20.6 Å². The van der Waals surface area contributed by atoms with E-state index in [0.29, 0.717) is 3.71 Å². The van der Waals surface area contributed by atoms with E-state index in [-0.39, 0.29) is 52.0 Å². The second-order valence-corrected chi connectivity index (χ2v) is 10.4. The topological polar surface area (TPSA) is 118 Å². The first-order chi connectivity index (χ1) is 8.75. The molecule has 15 heteroatoms. The Morgan fingerprint density at radius 3 is 1.21 bits per heavy atom. The molecule has 0 aliphatic rings. The number of rotatable bonds is 5. The molecule has 0 unspecified atom stereocenters. The summed E-state index contributed by atoms with van der Waals surface area (Å²) in [5.74, 6) is 0. The standard InChI is InChI=1S/C4H8INO4S2.C3H6INO2S.2CH3.2V/c1-11(7,8)6(4-3-5)12(2,9)10;1-8(6,7)5-3-2-4;;;;/h3-4H,1-2H3;2-3,5H,1H3;2*1H3;;/q;;2*-1;;. The summed E-state index contributed by atoms with van der Waals surface area (Å²) in [5.41, 5.74) is 0. The maximum absolute atomic E-state index is 10.9. The first kappa shape index (κ1) is 40.3. The van der Waals surface area contributed by atoms with E-state index in [0.717, 1.165) is 25.0 Å². The van der Waals surface area contributed by atoms with Crippen molar-refractivity contribution in [3.8, 4) is 0 Å². The van der Waals surface area contributed by atoms with Gasteiger partial charge in [0.1, 0.15) is 0 Å². The summed E-state index contributed by atoms with van der Waals surface area (Å²) >= 11 is 3.65. The molecule has 0 aromatic rings. The van der Waals surface area contributed by atoms with Gasteiger partial charge in [-0.2, -0.15) is 3.71 Å². The van der Waals surface area contributed by atoms with Crippen LogP contribution in [-0.2, 0) is 67.2 Å². The Balaban J connectivity index is -0.0000000609. The van der Waals surface area contributed by atoms with E-state index in [1.54, 1.807) is 26.7 Å². The van der Waals surface area contributed by atoms with E-state index in [9.17, 15) is 25.3 Å². The monoisotopic (exact) mass is 704 g/mol. The minimum Gasteiger partial charge on any atom is -0.358 e. The van der Waals surface area contributed by atoms with Crippen molar-refractivity contribution in [2.45, 2.75) is 0 Å². The van der Waals surface area contributed by atoms with Crippen molar-refractivity contribution in [1.29, 1.82) is 0 Å². The summed E-state index contributed by atoms with van der Waals surface area (Å²) in [4.78, 5) is 0. The molecular formula is C9H20I2N2O6S3V2-2. The normalized spacial score (nSPS) is 10.9. The molecule has 0 aliphatic heterocycles. The zero-order chi connectivity index (χ0) is 16.6. The van der Waals surface area contributed by atoms with Gasteiger partial charge in [-0.05, 0) is 8.17 Å². The van der Waals surface area contributed by atoms with Crippen LogP contribution >= 0.6 is 45.2 Å². The molecule has 2 radical (unpaired) electrons. The van der Waals surface area contributed by atoms with E-state index < -0.39 is 30.1 Å². The van der Waals surface area contributed by atoms with Crippen LogP contribution in [0.1, 0.15) is 0 Å². The van der Waals surface area contributed by atoms with Gasteiger partial charge in [0.05, 0.1) is 18.8 Å². The average molecular weight is 704 g/mol. The van der Waals surface area contributed by atoms with Crippen molar-refractivity contribution in [3.05, 3.63) is 35.4 Å². The van der Waals surface area contributed by atoms with Crippen LogP contribution in [-0.4, -0.2) is 47.7 Å². The van der Waals surface area contributed by atoms with Gasteiger partial charge in [-0.3, -0.25) is 4.72 Å². The molecule has 146 valence electrons. The second kappa shape index (κ2) is 17.9. The largest absolute Gasteiger partial charge is 0.358 e. The minimum absolute atomic E-state index is 0. The first-order valence-electron chi connectivity index (χ1n) is 4.44. The fourth-order valence-electron chi connectivity index (χ4n) is 0.662. The van der Waals surface area contributed by atoms with Gasteiger partial charge in [-0.25, -0.2) is 25.3 Å². The van der Waals surface area contributed by atoms with Crippen molar-refractivity contribution in [1.82, 2.24) is 8.43 Å².